The van der Waals surface area contributed by atoms with Crippen molar-refractivity contribution >= 4 is 17.5 Å². The lowest BCUT2D eigenvalue weighted by Crippen LogP contribution is -2.49. The zero-order valence-corrected chi connectivity index (χ0v) is 15.7. The van der Waals surface area contributed by atoms with Gasteiger partial charge in [0.1, 0.15) is 18.4 Å². The van der Waals surface area contributed by atoms with E-state index in [0.29, 0.717) is 18.0 Å². The predicted octanol–water partition coefficient (Wildman–Crippen LogP) is 2.22. The van der Waals surface area contributed by atoms with E-state index in [2.05, 4.69) is 10.4 Å². The summed E-state index contributed by atoms with van der Waals surface area (Å²) in [4.78, 5) is 26.7. The van der Waals surface area contributed by atoms with Crippen LogP contribution in [0.2, 0.25) is 0 Å². The molecule has 0 saturated carbocycles. The predicted molar refractivity (Wildman–Crippen MR) is 104 cm³/mol. The molecule has 0 unspecified atom stereocenters. The number of aromatic nitrogens is 2. The highest BCUT2D eigenvalue weighted by atomic mass is 19.1. The van der Waals surface area contributed by atoms with Gasteiger partial charge >= 0.3 is 0 Å². The molecule has 0 bridgehead atoms. The standard InChI is InChI=1S/C21H19FN4O3/c1-25-17-9-5-6-10-18(17)29-13-16(21(25)28)23-20(27)19-15(22)12-26(24-19)11-14-7-3-2-4-8-14/h2-10,12,16H,11,13H2,1H3,(H,23,27)/t16-/m0/s1. The number of fused-ring (bicyclic) bond motifs is 1. The molecular formula is C21H19FN4O3. The van der Waals surface area contributed by atoms with Gasteiger partial charge in [-0.3, -0.25) is 14.3 Å². The molecule has 1 aliphatic heterocycles. The van der Waals surface area contributed by atoms with Crippen LogP contribution in [0.5, 0.6) is 5.75 Å². The number of ether oxygens (including phenoxy) is 1. The lowest BCUT2D eigenvalue weighted by molar-refractivity contribution is -0.120. The van der Waals surface area contributed by atoms with Crippen molar-refractivity contribution < 1.29 is 18.7 Å². The number of hydrogen-bond acceptors (Lipinski definition) is 4. The third-order valence-electron chi connectivity index (χ3n) is 4.69. The highest BCUT2D eigenvalue weighted by Crippen LogP contribution is 2.29. The summed E-state index contributed by atoms with van der Waals surface area (Å²) in [6, 6.07) is 15.5. The minimum absolute atomic E-state index is 0.0573. The van der Waals surface area contributed by atoms with E-state index in [1.165, 1.54) is 9.58 Å². The zero-order valence-electron chi connectivity index (χ0n) is 15.7. The summed E-state index contributed by atoms with van der Waals surface area (Å²) in [5.41, 5.74) is 1.17. The molecule has 1 aromatic heterocycles. The first kappa shape index (κ1) is 18.7. The Labute approximate surface area is 166 Å². The number of nitrogens with one attached hydrogen (secondary N) is 1. The molecule has 0 fully saturated rings. The number of rotatable bonds is 4. The highest BCUT2D eigenvalue weighted by molar-refractivity contribution is 6.02. The van der Waals surface area contributed by atoms with E-state index in [1.807, 2.05) is 30.3 Å². The largest absolute Gasteiger partial charge is 0.489 e. The number of nitrogens with zero attached hydrogens (tertiary/aromatic N) is 3. The molecule has 0 spiro atoms. The van der Waals surface area contributed by atoms with Gasteiger partial charge in [-0.2, -0.15) is 5.10 Å². The number of carbonyl (C=O) groups excluding carboxylic acids is 2. The number of amides is 2. The van der Waals surface area contributed by atoms with E-state index in [4.69, 9.17) is 4.74 Å². The maximum atomic E-state index is 14.3. The average Bonchev–Trinajstić information content (AvgIpc) is 3.05. The Bertz CT molecular complexity index is 1050. The van der Waals surface area contributed by atoms with Crippen molar-refractivity contribution in [3.05, 3.63) is 77.9 Å². The summed E-state index contributed by atoms with van der Waals surface area (Å²) in [6.45, 7) is 0.271. The molecule has 2 amide bonds. The van der Waals surface area contributed by atoms with Crippen LogP contribution in [0, 0.1) is 5.82 Å². The van der Waals surface area contributed by atoms with Gasteiger partial charge in [0.15, 0.2) is 11.5 Å². The van der Waals surface area contributed by atoms with Crippen molar-refractivity contribution in [1.82, 2.24) is 15.1 Å². The van der Waals surface area contributed by atoms with Gasteiger partial charge < -0.3 is 15.0 Å². The van der Waals surface area contributed by atoms with Crippen LogP contribution in [-0.2, 0) is 11.3 Å². The van der Waals surface area contributed by atoms with Crippen LogP contribution < -0.4 is 15.0 Å². The van der Waals surface area contributed by atoms with Gasteiger partial charge in [-0.25, -0.2) is 4.39 Å². The molecule has 0 radical (unpaired) electrons. The molecule has 3 aromatic rings. The van der Waals surface area contributed by atoms with Crippen LogP contribution in [0.25, 0.3) is 0 Å². The quantitative estimate of drug-likeness (QED) is 0.736. The number of carbonyl (C=O) groups is 2. The van der Waals surface area contributed by atoms with Crippen LogP contribution >= 0.6 is 0 Å². The summed E-state index contributed by atoms with van der Waals surface area (Å²) >= 11 is 0. The maximum absolute atomic E-state index is 14.3. The number of halogens is 1. The number of para-hydroxylation sites is 2. The Morgan fingerprint density at radius 1 is 1.21 bits per heavy atom. The molecule has 0 aliphatic carbocycles. The van der Waals surface area contributed by atoms with Crippen molar-refractivity contribution in [2.24, 2.45) is 0 Å². The van der Waals surface area contributed by atoms with Crippen molar-refractivity contribution in [2.45, 2.75) is 12.6 Å². The van der Waals surface area contributed by atoms with Gasteiger partial charge in [-0.05, 0) is 17.7 Å². The molecule has 1 aliphatic rings. The summed E-state index contributed by atoms with van der Waals surface area (Å²) in [6.07, 6.45) is 1.16. The first-order chi connectivity index (χ1) is 14.0. The molecular weight excluding hydrogens is 375 g/mol. The summed E-state index contributed by atoms with van der Waals surface area (Å²) in [5, 5.41) is 6.58. The normalized spacial score (nSPS) is 16.0. The number of likely N-dealkylation sites (N-methyl/N-ethyl adjacent to an activating group) is 1. The molecule has 4 rings (SSSR count). The number of hydrogen-bond donors (Lipinski definition) is 1. The summed E-state index contributed by atoms with van der Waals surface area (Å²) in [7, 11) is 1.60. The van der Waals surface area contributed by atoms with Crippen molar-refractivity contribution in [3.63, 3.8) is 0 Å². The van der Waals surface area contributed by atoms with Crippen LogP contribution in [0.1, 0.15) is 16.1 Å². The van der Waals surface area contributed by atoms with Crippen LogP contribution in [0.3, 0.4) is 0 Å². The first-order valence-electron chi connectivity index (χ1n) is 9.10. The molecule has 7 nitrogen and oxygen atoms in total. The molecule has 0 saturated heterocycles. The van der Waals surface area contributed by atoms with Gasteiger partial charge in [-0.15, -0.1) is 0 Å². The molecule has 8 heteroatoms. The molecule has 29 heavy (non-hydrogen) atoms. The molecule has 1 N–H and O–H groups in total. The van der Waals surface area contributed by atoms with Gasteiger partial charge in [-0.1, -0.05) is 42.5 Å². The second kappa shape index (κ2) is 7.75. The fourth-order valence-electron chi connectivity index (χ4n) is 3.19. The van der Waals surface area contributed by atoms with Crippen LogP contribution in [-0.4, -0.2) is 41.3 Å². The second-order valence-electron chi connectivity index (χ2n) is 6.71. The average molecular weight is 394 g/mol. The van der Waals surface area contributed by atoms with E-state index in [0.717, 1.165) is 11.8 Å². The minimum atomic E-state index is -0.960. The topological polar surface area (TPSA) is 76.5 Å². The lowest BCUT2D eigenvalue weighted by Gasteiger charge is -2.20. The van der Waals surface area contributed by atoms with E-state index >= 15 is 0 Å². The number of benzene rings is 2. The molecule has 2 aromatic carbocycles. The minimum Gasteiger partial charge on any atom is -0.489 e. The van der Waals surface area contributed by atoms with Gasteiger partial charge in [0, 0.05) is 7.05 Å². The van der Waals surface area contributed by atoms with Crippen LogP contribution in [0.4, 0.5) is 10.1 Å². The maximum Gasteiger partial charge on any atom is 0.275 e. The third-order valence-corrected chi connectivity index (χ3v) is 4.69. The van der Waals surface area contributed by atoms with Crippen molar-refractivity contribution in [1.29, 1.82) is 0 Å². The number of anilines is 1. The lowest BCUT2D eigenvalue weighted by atomic mass is 10.2. The van der Waals surface area contributed by atoms with Crippen molar-refractivity contribution in [3.8, 4) is 5.75 Å². The fourth-order valence-corrected chi connectivity index (χ4v) is 3.19. The van der Waals surface area contributed by atoms with Gasteiger partial charge in [0.25, 0.3) is 11.8 Å². The summed E-state index contributed by atoms with van der Waals surface area (Å²) in [5.74, 6) is -1.33. The monoisotopic (exact) mass is 394 g/mol. The zero-order chi connectivity index (χ0) is 20.4. The SMILES string of the molecule is CN1C(=O)[C@@H](NC(=O)c2nn(Cc3ccccc3)cc2F)COc2ccccc21. The Hall–Kier alpha value is -3.68. The van der Waals surface area contributed by atoms with Gasteiger partial charge in [0.2, 0.25) is 0 Å². The first-order valence-corrected chi connectivity index (χ1v) is 9.10. The highest BCUT2D eigenvalue weighted by Gasteiger charge is 2.31. The van der Waals surface area contributed by atoms with E-state index in [9.17, 15) is 14.0 Å². The Morgan fingerprint density at radius 2 is 1.93 bits per heavy atom. The van der Waals surface area contributed by atoms with Gasteiger partial charge in [0.05, 0.1) is 18.4 Å². The third kappa shape index (κ3) is 3.82. The molecule has 148 valence electrons. The fraction of sp³-hybridized carbons (Fsp3) is 0.190. The Kier molecular flexibility index (Phi) is 4.99. The second-order valence-corrected chi connectivity index (χ2v) is 6.71. The Morgan fingerprint density at radius 3 is 2.72 bits per heavy atom. The molecule has 1 atom stereocenters. The Balaban J connectivity index is 1.49. The van der Waals surface area contributed by atoms with Crippen LogP contribution in [0.15, 0.2) is 60.8 Å². The van der Waals surface area contributed by atoms with Crippen molar-refractivity contribution in [2.75, 3.05) is 18.6 Å². The summed E-state index contributed by atoms with van der Waals surface area (Å²) < 4.78 is 21.3. The smallest absolute Gasteiger partial charge is 0.275 e. The van der Waals surface area contributed by atoms with E-state index < -0.39 is 17.8 Å². The molecule has 2 heterocycles. The van der Waals surface area contributed by atoms with E-state index in [1.54, 1.807) is 31.3 Å². The van der Waals surface area contributed by atoms with E-state index in [-0.39, 0.29) is 18.2 Å².